The van der Waals surface area contributed by atoms with Crippen LogP contribution in [-0.2, 0) is 16.0 Å². The van der Waals surface area contributed by atoms with Crippen LogP contribution in [0.3, 0.4) is 0 Å². The lowest BCUT2D eigenvalue weighted by Crippen LogP contribution is -2.46. The van der Waals surface area contributed by atoms with Gasteiger partial charge in [-0.05, 0) is 73.1 Å². The van der Waals surface area contributed by atoms with E-state index in [1.807, 2.05) is 12.1 Å². The number of nitrogens with zero attached hydrogens (tertiary/aromatic N) is 1. The van der Waals surface area contributed by atoms with Crippen LogP contribution in [0.4, 0.5) is 4.39 Å². The number of hydrogen-bond donors (Lipinski definition) is 0. The molecule has 0 spiro atoms. The minimum Gasteiger partial charge on any atom is -0.466 e. The van der Waals surface area contributed by atoms with Crippen molar-refractivity contribution in [1.82, 2.24) is 4.90 Å². The van der Waals surface area contributed by atoms with Crippen molar-refractivity contribution in [2.75, 3.05) is 13.7 Å². The zero-order valence-electron chi connectivity index (χ0n) is 18.7. The van der Waals surface area contributed by atoms with E-state index in [0.29, 0.717) is 6.54 Å². The number of carbonyl (C=O) groups is 1. The van der Waals surface area contributed by atoms with E-state index in [0.717, 1.165) is 24.0 Å². The lowest BCUT2D eigenvalue weighted by molar-refractivity contribution is -0.134. The van der Waals surface area contributed by atoms with E-state index in [9.17, 15) is 9.18 Å². The Kier molecular flexibility index (Phi) is 5.85. The molecule has 0 N–H and O–H groups in total. The molecule has 162 valence electrons. The highest BCUT2D eigenvalue weighted by atomic mass is 19.1. The summed E-state index contributed by atoms with van der Waals surface area (Å²) in [6.45, 7) is 5.91. The third kappa shape index (κ3) is 4.49. The first-order valence-corrected chi connectivity index (χ1v) is 10.9. The van der Waals surface area contributed by atoms with E-state index in [-0.39, 0.29) is 18.1 Å². The van der Waals surface area contributed by atoms with E-state index < -0.39 is 5.67 Å². The predicted octanol–water partition coefficient (Wildman–Crippen LogP) is 5.77. The topological polar surface area (TPSA) is 29.5 Å². The maximum atomic E-state index is 14.8. The summed E-state index contributed by atoms with van der Waals surface area (Å²) in [5, 5.41) is 0. The van der Waals surface area contributed by atoms with Gasteiger partial charge in [0.05, 0.1) is 13.2 Å². The van der Waals surface area contributed by atoms with Gasteiger partial charge in [0.2, 0.25) is 0 Å². The second kappa shape index (κ2) is 8.43. The third-order valence-electron chi connectivity index (χ3n) is 6.26. The van der Waals surface area contributed by atoms with Crippen LogP contribution in [0.5, 0.6) is 0 Å². The highest BCUT2D eigenvalue weighted by Gasteiger charge is 2.40. The fourth-order valence-corrected chi connectivity index (χ4v) is 4.92. The number of alkyl halides is 1. The maximum absolute atomic E-state index is 14.8. The molecular weight excluding hydrogens is 389 g/mol. The number of halogens is 1. The van der Waals surface area contributed by atoms with Crippen LogP contribution in [-0.4, -0.2) is 36.2 Å². The Morgan fingerprint density at radius 3 is 2.58 bits per heavy atom. The van der Waals surface area contributed by atoms with Crippen LogP contribution in [0.1, 0.15) is 55.5 Å². The van der Waals surface area contributed by atoms with Gasteiger partial charge in [-0.2, -0.15) is 0 Å². The molecule has 0 aromatic heterocycles. The molecule has 2 aliphatic rings. The first-order valence-electron chi connectivity index (χ1n) is 10.9. The van der Waals surface area contributed by atoms with Crippen LogP contribution < -0.4 is 0 Å². The summed E-state index contributed by atoms with van der Waals surface area (Å²) in [4.78, 5) is 13.7. The van der Waals surface area contributed by atoms with Crippen LogP contribution in [0, 0.1) is 0 Å². The normalized spacial score (nSPS) is 21.3. The second-order valence-corrected chi connectivity index (χ2v) is 9.21. The molecule has 1 aliphatic carbocycles. The molecule has 2 aromatic rings. The van der Waals surface area contributed by atoms with Gasteiger partial charge in [-0.1, -0.05) is 48.5 Å². The molecule has 1 aliphatic heterocycles. The Bertz CT molecular complexity index is 1030. The zero-order chi connectivity index (χ0) is 22.2. The van der Waals surface area contributed by atoms with Gasteiger partial charge in [0.15, 0.2) is 0 Å². The molecule has 2 atom stereocenters. The molecule has 0 saturated heterocycles. The quantitative estimate of drug-likeness (QED) is 0.455. The van der Waals surface area contributed by atoms with Gasteiger partial charge in [0.1, 0.15) is 5.67 Å². The third-order valence-corrected chi connectivity index (χ3v) is 6.26. The van der Waals surface area contributed by atoms with Crippen molar-refractivity contribution >= 4 is 17.6 Å². The summed E-state index contributed by atoms with van der Waals surface area (Å²) in [5.74, 6) is -0.375. The molecule has 0 amide bonds. The number of carbonyl (C=O) groups excluding carboxylic acids is 1. The number of rotatable bonds is 5. The van der Waals surface area contributed by atoms with Gasteiger partial charge < -0.3 is 4.74 Å². The van der Waals surface area contributed by atoms with Crippen molar-refractivity contribution in [3.63, 3.8) is 0 Å². The fraction of sp³-hybridized carbons (Fsp3) is 0.370. The van der Waals surface area contributed by atoms with Crippen molar-refractivity contribution in [2.45, 2.75) is 51.4 Å². The molecule has 0 bridgehead atoms. The first kappa shape index (κ1) is 21.5. The average molecular weight is 420 g/mol. The molecule has 0 radical (unpaired) electrons. The van der Waals surface area contributed by atoms with E-state index in [2.05, 4.69) is 53.0 Å². The highest BCUT2D eigenvalue weighted by Crippen LogP contribution is 2.49. The standard InChI is InChI=1S/C27H30FNO2/c1-18-15-23-22-8-6-5-7-21(22)16-24(23)26(29(18)17-27(2,3)28)20-12-9-19(10-13-20)11-14-25(30)31-4/h5-14,18,26H,15-17H2,1-4H3/b14-11+/t18-,26-/m1/s1. The lowest BCUT2D eigenvalue weighted by Gasteiger charge is -2.44. The van der Waals surface area contributed by atoms with Crippen molar-refractivity contribution in [1.29, 1.82) is 0 Å². The molecule has 0 unspecified atom stereocenters. The predicted molar refractivity (Wildman–Crippen MR) is 123 cm³/mol. The average Bonchev–Trinajstić information content (AvgIpc) is 3.10. The molecule has 3 nitrogen and oxygen atoms in total. The van der Waals surface area contributed by atoms with Crippen molar-refractivity contribution in [2.24, 2.45) is 0 Å². The lowest BCUT2D eigenvalue weighted by atomic mass is 9.84. The number of ether oxygens (including phenoxy) is 1. The van der Waals surface area contributed by atoms with E-state index in [1.54, 1.807) is 19.9 Å². The number of esters is 1. The van der Waals surface area contributed by atoms with Crippen molar-refractivity contribution in [3.8, 4) is 0 Å². The van der Waals surface area contributed by atoms with Gasteiger partial charge >= 0.3 is 5.97 Å². The van der Waals surface area contributed by atoms with Crippen LogP contribution >= 0.6 is 0 Å². The molecule has 1 heterocycles. The van der Waals surface area contributed by atoms with Crippen LogP contribution in [0.15, 0.2) is 60.2 Å². The summed E-state index contributed by atoms with van der Waals surface area (Å²) < 4.78 is 19.5. The fourth-order valence-electron chi connectivity index (χ4n) is 4.92. The molecule has 0 saturated carbocycles. The SMILES string of the molecule is COC(=O)/C=C/c1ccc([C@@H]2C3=C(C[C@@H](C)N2CC(C)(C)F)c2ccccc2C3)cc1. The van der Waals surface area contributed by atoms with E-state index in [1.165, 1.54) is 35.5 Å². The minimum absolute atomic E-state index is 0.0415. The maximum Gasteiger partial charge on any atom is 0.330 e. The Morgan fingerprint density at radius 2 is 1.90 bits per heavy atom. The summed E-state index contributed by atoms with van der Waals surface area (Å²) >= 11 is 0. The molecule has 4 heteroatoms. The minimum atomic E-state index is -1.28. The van der Waals surface area contributed by atoms with Crippen molar-refractivity contribution < 1.29 is 13.9 Å². The molecule has 2 aromatic carbocycles. The summed E-state index contributed by atoms with van der Waals surface area (Å²) in [6, 6.07) is 17.1. The number of hydrogen-bond acceptors (Lipinski definition) is 3. The Hall–Kier alpha value is -2.72. The Balaban J connectivity index is 1.73. The van der Waals surface area contributed by atoms with Gasteiger partial charge in [-0.25, -0.2) is 9.18 Å². The molecular formula is C27H30FNO2. The van der Waals surface area contributed by atoms with E-state index in [4.69, 9.17) is 0 Å². The smallest absolute Gasteiger partial charge is 0.330 e. The van der Waals surface area contributed by atoms with Gasteiger partial charge in [0, 0.05) is 18.7 Å². The molecule has 4 rings (SSSR count). The second-order valence-electron chi connectivity index (χ2n) is 9.21. The molecule has 0 fully saturated rings. The largest absolute Gasteiger partial charge is 0.466 e. The summed E-state index contributed by atoms with van der Waals surface area (Å²) in [6.07, 6.45) is 5.02. The van der Waals surface area contributed by atoms with Gasteiger partial charge in [-0.15, -0.1) is 0 Å². The first-order chi connectivity index (χ1) is 14.8. The number of benzene rings is 2. The number of methoxy groups -OCH3 is 1. The van der Waals surface area contributed by atoms with E-state index >= 15 is 0 Å². The zero-order valence-corrected chi connectivity index (χ0v) is 18.7. The Morgan fingerprint density at radius 1 is 1.19 bits per heavy atom. The monoisotopic (exact) mass is 419 g/mol. The van der Waals surface area contributed by atoms with Crippen molar-refractivity contribution in [3.05, 3.63) is 82.4 Å². The highest BCUT2D eigenvalue weighted by molar-refractivity contribution is 5.87. The van der Waals surface area contributed by atoms with Gasteiger partial charge in [0.25, 0.3) is 0 Å². The van der Waals surface area contributed by atoms with Gasteiger partial charge in [-0.3, -0.25) is 4.90 Å². The summed E-state index contributed by atoms with van der Waals surface area (Å²) in [7, 11) is 1.37. The molecule has 31 heavy (non-hydrogen) atoms. The summed E-state index contributed by atoms with van der Waals surface area (Å²) in [5.41, 5.74) is 6.34. The van der Waals surface area contributed by atoms with Crippen LogP contribution in [0.25, 0.3) is 11.6 Å². The van der Waals surface area contributed by atoms with Crippen LogP contribution in [0.2, 0.25) is 0 Å². The Labute approximate surface area is 184 Å². The number of fused-ring (bicyclic) bond motifs is 2.